The number of hydrogen-bond donors (Lipinski definition) is 1. The van der Waals surface area contributed by atoms with Gasteiger partial charge >= 0.3 is 0 Å². The molecule has 2 aromatic carbocycles. The van der Waals surface area contributed by atoms with Gasteiger partial charge in [0.25, 0.3) is 5.69 Å². The second-order valence-electron chi connectivity index (χ2n) is 6.95. The van der Waals surface area contributed by atoms with Crippen LogP contribution in [-0.4, -0.2) is 37.6 Å². The number of rotatable bonds is 9. The minimum Gasteiger partial charge on any atom is -0.352 e. The summed E-state index contributed by atoms with van der Waals surface area (Å²) in [6.45, 7) is 3.31. The molecule has 0 aliphatic carbocycles. The molecule has 156 valence electrons. The highest BCUT2D eigenvalue weighted by Gasteiger charge is 2.30. The van der Waals surface area contributed by atoms with Gasteiger partial charge in [0.15, 0.2) is 0 Å². The number of carbonyl (C=O) groups excluding carboxylic acids is 1. The fraction of sp³-hybridized carbons (Fsp3) is 0.350. The Kier molecular flexibility index (Phi) is 7.33. The lowest BCUT2D eigenvalue weighted by Gasteiger charge is -2.29. The summed E-state index contributed by atoms with van der Waals surface area (Å²) in [4.78, 5) is 23.1. The van der Waals surface area contributed by atoms with Gasteiger partial charge in [-0.2, -0.15) is 0 Å². The molecule has 1 N–H and O–H groups in total. The number of nitrogens with one attached hydrogen (secondary N) is 1. The van der Waals surface area contributed by atoms with E-state index in [1.165, 1.54) is 25.1 Å². The molecule has 0 saturated heterocycles. The molecule has 8 nitrogen and oxygen atoms in total. The normalized spacial score (nSPS) is 13.3. The number of non-ortho nitro benzene ring substituents is 1. The van der Waals surface area contributed by atoms with E-state index >= 15 is 0 Å². The van der Waals surface area contributed by atoms with Crippen LogP contribution in [0.15, 0.2) is 54.6 Å². The van der Waals surface area contributed by atoms with E-state index in [9.17, 15) is 23.3 Å². The van der Waals surface area contributed by atoms with Crippen molar-refractivity contribution in [3.63, 3.8) is 0 Å². The zero-order chi connectivity index (χ0) is 21.6. The van der Waals surface area contributed by atoms with Crippen LogP contribution in [0.25, 0.3) is 0 Å². The first kappa shape index (κ1) is 22.4. The maximum absolute atomic E-state index is 12.7. The van der Waals surface area contributed by atoms with Crippen LogP contribution >= 0.6 is 0 Å². The van der Waals surface area contributed by atoms with Crippen molar-refractivity contribution in [3.05, 3.63) is 70.3 Å². The van der Waals surface area contributed by atoms with Crippen LogP contribution in [0.3, 0.4) is 0 Å². The lowest BCUT2D eigenvalue weighted by Crippen LogP contribution is -2.50. The van der Waals surface area contributed by atoms with Crippen LogP contribution in [0, 0.1) is 10.1 Å². The summed E-state index contributed by atoms with van der Waals surface area (Å²) in [6.07, 6.45) is 2.43. The van der Waals surface area contributed by atoms with E-state index in [0.717, 1.165) is 28.6 Å². The molecule has 2 rings (SSSR count). The summed E-state index contributed by atoms with van der Waals surface area (Å²) in [6, 6.07) is 13.8. The predicted octanol–water partition coefficient (Wildman–Crippen LogP) is 2.89. The van der Waals surface area contributed by atoms with Crippen molar-refractivity contribution in [2.24, 2.45) is 0 Å². The fourth-order valence-electron chi connectivity index (χ4n) is 3.02. The van der Waals surface area contributed by atoms with Gasteiger partial charge in [0.1, 0.15) is 6.04 Å². The Morgan fingerprint density at radius 3 is 2.38 bits per heavy atom. The second-order valence-corrected chi connectivity index (χ2v) is 8.81. The summed E-state index contributed by atoms with van der Waals surface area (Å²) in [7, 11) is -3.85. The first-order valence-electron chi connectivity index (χ1n) is 9.17. The average Bonchev–Trinajstić information content (AvgIpc) is 2.66. The standard InChI is InChI=1S/C20H25N3O5S/c1-15(12-13-17-8-5-4-6-9-17)21-20(24)16(2)22(29(3,27)28)18-10-7-11-19(14-18)23(25)26/h4-11,14-16H,12-13H2,1-3H3,(H,21,24)/t15-,16+/m0/s1. The number of aryl methyl sites for hydroxylation is 1. The van der Waals surface area contributed by atoms with Crippen molar-refractivity contribution < 1.29 is 18.1 Å². The van der Waals surface area contributed by atoms with Gasteiger partial charge < -0.3 is 5.32 Å². The van der Waals surface area contributed by atoms with Gasteiger partial charge in [-0.3, -0.25) is 19.2 Å². The van der Waals surface area contributed by atoms with Gasteiger partial charge in [0.05, 0.1) is 16.9 Å². The molecule has 0 bridgehead atoms. The maximum atomic E-state index is 12.7. The highest BCUT2D eigenvalue weighted by Crippen LogP contribution is 2.25. The lowest BCUT2D eigenvalue weighted by molar-refractivity contribution is -0.384. The van der Waals surface area contributed by atoms with Crippen LogP contribution in [-0.2, 0) is 21.2 Å². The molecule has 1 amide bonds. The molecule has 9 heteroatoms. The Balaban J connectivity index is 2.12. The minimum atomic E-state index is -3.85. The van der Waals surface area contributed by atoms with Gasteiger partial charge in [-0.15, -0.1) is 0 Å². The fourth-order valence-corrected chi connectivity index (χ4v) is 4.18. The van der Waals surface area contributed by atoms with Crippen LogP contribution in [0.5, 0.6) is 0 Å². The number of nitrogens with zero attached hydrogens (tertiary/aromatic N) is 2. The van der Waals surface area contributed by atoms with E-state index in [1.807, 2.05) is 37.3 Å². The predicted molar refractivity (Wildman–Crippen MR) is 112 cm³/mol. The molecule has 0 aliphatic heterocycles. The molecule has 0 saturated carbocycles. The van der Waals surface area contributed by atoms with E-state index < -0.39 is 26.9 Å². The molecule has 29 heavy (non-hydrogen) atoms. The van der Waals surface area contributed by atoms with Crippen molar-refractivity contribution in [2.45, 2.75) is 38.8 Å². The van der Waals surface area contributed by atoms with E-state index in [4.69, 9.17) is 0 Å². The Bertz CT molecular complexity index is 963. The van der Waals surface area contributed by atoms with Gasteiger partial charge in [-0.05, 0) is 38.3 Å². The molecule has 2 aromatic rings. The van der Waals surface area contributed by atoms with Gasteiger partial charge in [-0.1, -0.05) is 36.4 Å². The van der Waals surface area contributed by atoms with Crippen molar-refractivity contribution in [1.29, 1.82) is 0 Å². The molecule has 0 aliphatic rings. The Labute approximate surface area is 170 Å². The number of amides is 1. The molecule has 2 atom stereocenters. The summed E-state index contributed by atoms with van der Waals surface area (Å²) in [5.74, 6) is -0.470. The third-order valence-electron chi connectivity index (χ3n) is 4.48. The maximum Gasteiger partial charge on any atom is 0.271 e. The summed E-state index contributed by atoms with van der Waals surface area (Å²) >= 11 is 0. The molecule has 0 fully saturated rings. The number of anilines is 1. The highest BCUT2D eigenvalue weighted by molar-refractivity contribution is 7.92. The van der Waals surface area contributed by atoms with E-state index in [2.05, 4.69) is 5.32 Å². The zero-order valence-electron chi connectivity index (χ0n) is 16.6. The summed E-state index contributed by atoms with van der Waals surface area (Å²) in [5.41, 5.74) is 0.970. The minimum absolute atomic E-state index is 0.0706. The topological polar surface area (TPSA) is 110 Å². The number of benzene rings is 2. The third kappa shape index (κ3) is 6.28. The number of hydrogen-bond acceptors (Lipinski definition) is 5. The summed E-state index contributed by atoms with van der Waals surface area (Å²) < 4.78 is 25.6. The second kappa shape index (κ2) is 9.51. The van der Waals surface area contributed by atoms with E-state index in [1.54, 1.807) is 0 Å². The van der Waals surface area contributed by atoms with Crippen molar-refractivity contribution >= 4 is 27.3 Å². The largest absolute Gasteiger partial charge is 0.352 e. The molecule has 0 unspecified atom stereocenters. The zero-order valence-corrected chi connectivity index (χ0v) is 17.4. The van der Waals surface area contributed by atoms with Gasteiger partial charge in [-0.25, -0.2) is 8.42 Å². The molecule has 0 spiro atoms. The molecular formula is C20H25N3O5S. The SMILES string of the molecule is C[C@H](C(=O)N[C@@H](C)CCc1ccccc1)N(c1cccc([N+](=O)[O-])c1)S(C)(=O)=O. The Morgan fingerprint density at radius 2 is 1.79 bits per heavy atom. The quantitative estimate of drug-likeness (QED) is 0.496. The lowest BCUT2D eigenvalue weighted by atomic mass is 10.1. The monoisotopic (exact) mass is 419 g/mol. The first-order valence-corrected chi connectivity index (χ1v) is 11.0. The van der Waals surface area contributed by atoms with Crippen LogP contribution in [0.4, 0.5) is 11.4 Å². The molecule has 0 heterocycles. The third-order valence-corrected chi connectivity index (χ3v) is 5.72. The first-order chi connectivity index (χ1) is 13.6. The number of nitro benzene ring substituents is 1. The van der Waals surface area contributed by atoms with Crippen LogP contribution in [0.2, 0.25) is 0 Å². The highest BCUT2D eigenvalue weighted by atomic mass is 32.2. The van der Waals surface area contributed by atoms with Crippen molar-refractivity contribution in [1.82, 2.24) is 5.32 Å². The average molecular weight is 420 g/mol. The molecular weight excluding hydrogens is 394 g/mol. The number of nitro groups is 1. The summed E-state index contributed by atoms with van der Waals surface area (Å²) in [5, 5.41) is 13.9. The van der Waals surface area contributed by atoms with Crippen molar-refractivity contribution in [2.75, 3.05) is 10.6 Å². The Morgan fingerprint density at radius 1 is 1.14 bits per heavy atom. The van der Waals surface area contributed by atoms with Gasteiger partial charge in [0.2, 0.25) is 15.9 Å². The smallest absolute Gasteiger partial charge is 0.271 e. The number of sulfonamides is 1. The van der Waals surface area contributed by atoms with E-state index in [0.29, 0.717) is 6.42 Å². The van der Waals surface area contributed by atoms with Crippen LogP contribution in [0.1, 0.15) is 25.8 Å². The molecule has 0 radical (unpaired) electrons. The Hall–Kier alpha value is -2.94. The molecule has 0 aromatic heterocycles. The number of carbonyl (C=O) groups is 1. The van der Waals surface area contributed by atoms with Gasteiger partial charge in [0, 0.05) is 18.2 Å². The van der Waals surface area contributed by atoms with Crippen molar-refractivity contribution in [3.8, 4) is 0 Å². The van der Waals surface area contributed by atoms with Crippen LogP contribution < -0.4 is 9.62 Å². The van der Waals surface area contributed by atoms with E-state index in [-0.39, 0.29) is 17.4 Å².